The van der Waals surface area contributed by atoms with Crippen LogP contribution in [0.5, 0.6) is 0 Å². The Bertz CT molecular complexity index is 489. The van der Waals surface area contributed by atoms with E-state index in [0.29, 0.717) is 18.6 Å². The highest BCUT2D eigenvalue weighted by Crippen LogP contribution is 2.13. The third-order valence-corrected chi connectivity index (χ3v) is 4.31. The Morgan fingerprint density at radius 3 is 2.47 bits per heavy atom. The molecule has 0 fully saturated rings. The number of hydrogen-bond acceptors (Lipinski definition) is 4. The Kier molecular flexibility index (Phi) is 4.34. The molecular formula is C11H17NO4S. The fourth-order valence-corrected chi connectivity index (χ4v) is 2.49. The highest BCUT2D eigenvalue weighted by Gasteiger charge is 2.25. The molecule has 0 aliphatic carbocycles. The van der Waals surface area contributed by atoms with Gasteiger partial charge in [0.05, 0.1) is 5.75 Å². The van der Waals surface area contributed by atoms with Crippen molar-refractivity contribution in [2.45, 2.75) is 26.7 Å². The summed E-state index contributed by atoms with van der Waals surface area (Å²) in [5.41, 5.74) is 0. The lowest BCUT2D eigenvalue weighted by atomic mass is 10.3. The van der Waals surface area contributed by atoms with E-state index in [1.54, 1.807) is 13.0 Å². The second-order valence-electron chi connectivity index (χ2n) is 3.71. The molecule has 1 heterocycles. The van der Waals surface area contributed by atoms with Crippen molar-refractivity contribution >= 4 is 15.9 Å². The fourth-order valence-electron chi connectivity index (χ4n) is 1.36. The van der Waals surface area contributed by atoms with Crippen molar-refractivity contribution in [3.63, 3.8) is 0 Å². The maximum Gasteiger partial charge on any atom is 0.302 e. The summed E-state index contributed by atoms with van der Waals surface area (Å²) >= 11 is 0. The Morgan fingerprint density at radius 1 is 1.35 bits per heavy atom. The maximum absolute atomic E-state index is 11.8. The van der Waals surface area contributed by atoms with Gasteiger partial charge >= 0.3 is 5.91 Å². The summed E-state index contributed by atoms with van der Waals surface area (Å²) in [7, 11) is -2.28. The Hall–Kier alpha value is -1.30. The molecule has 0 radical (unpaired) electrons. The number of aryl methyl sites for hydroxylation is 1. The number of sulfonamides is 1. The molecule has 0 unspecified atom stereocenters. The van der Waals surface area contributed by atoms with Gasteiger partial charge in [-0.15, -0.1) is 0 Å². The van der Waals surface area contributed by atoms with Crippen molar-refractivity contribution in [3.05, 3.63) is 23.7 Å². The summed E-state index contributed by atoms with van der Waals surface area (Å²) in [5, 5.41) is 0. The van der Waals surface area contributed by atoms with Crippen LogP contribution < -0.4 is 0 Å². The first-order chi connectivity index (χ1) is 7.92. The van der Waals surface area contributed by atoms with Crippen LogP contribution in [0.25, 0.3) is 0 Å². The average Bonchev–Trinajstić information content (AvgIpc) is 2.75. The minimum absolute atomic E-state index is 0.0451. The first-order valence-corrected chi connectivity index (χ1v) is 7.13. The lowest BCUT2D eigenvalue weighted by Gasteiger charge is -2.15. The molecule has 5 nitrogen and oxygen atoms in total. The first kappa shape index (κ1) is 13.8. The van der Waals surface area contributed by atoms with E-state index >= 15 is 0 Å². The molecule has 1 aromatic rings. The molecule has 1 aromatic heterocycles. The van der Waals surface area contributed by atoms with E-state index in [2.05, 4.69) is 0 Å². The Labute approximate surface area is 101 Å². The number of hydrogen-bond donors (Lipinski definition) is 0. The molecule has 0 aliphatic rings. The molecule has 1 rings (SSSR count). The second kappa shape index (κ2) is 5.35. The summed E-state index contributed by atoms with van der Waals surface area (Å²) in [5.74, 6) is 0.0492. The van der Waals surface area contributed by atoms with Crippen LogP contribution in [0.2, 0.25) is 0 Å². The topological polar surface area (TPSA) is 67.6 Å². The molecule has 1 amide bonds. The second-order valence-corrected chi connectivity index (χ2v) is 5.83. The van der Waals surface area contributed by atoms with Crippen LogP contribution in [-0.2, 0) is 16.4 Å². The van der Waals surface area contributed by atoms with Gasteiger partial charge in [0.1, 0.15) is 5.76 Å². The number of rotatable bonds is 5. The van der Waals surface area contributed by atoms with E-state index in [4.69, 9.17) is 4.42 Å². The molecule has 0 saturated carbocycles. The maximum atomic E-state index is 11.8. The summed E-state index contributed by atoms with van der Waals surface area (Å²) in [6, 6.07) is 3.17. The zero-order chi connectivity index (χ0) is 13.1. The first-order valence-electron chi connectivity index (χ1n) is 5.52. The number of nitrogens with zero attached hydrogens (tertiary/aromatic N) is 1. The van der Waals surface area contributed by atoms with Crippen molar-refractivity contribution in [2.75, 3.05) is 12.8 Å². The van der Waals surface area contributed by atoms with Gasteiger partial charge in [-0.25, -0.2) is 12.7 Å². The average molecular weight is 259 g/mol. The molecule has 0 bridgehead atoms. The SMILES string of the molecule is CCCS(=O)(=O)N(C)C(=O)c1ccc(CC)o1. The van der Waals surface area contributed by atoms with E-state index in [0.717, 1.165) is 4.31 Å². The quantitative estimate of drug-likeness (QED) is 0.806. The van der Waals surface area contributed by atoms with Gasteiger partial charge in [-0.1, -0.05) is 13.8 Å². The molecule has 0 aliphatic heterocycles. The van der Waals surface area contributed by atoms with Gasteiger partial charge in [-0.3, -0.25) is 4.79 Å². The van der Waals surface area contributed by atoms with E-state index in [1.807, 2.05) is 6.92 Å². The van der Waals surface area contributed by atoms with Gasteiger partial charge in [-0.2, -0.15) is 0 Å². The van der Waals surface area contributed by atoms with Crippen LogP contribution >= 0.6 is 0 Å². The highest BCUT2D eigenvalue weighted by molar-refractivity contribution is 7.89. The summed E-state index contributed by atoms with van der Waals surface area (Å²) in [6.07, 6.45) is 1.14. The lowest BCUT2D eigenvalue weighted by Crippen LogP contribution is -2.34. The largest absolute Gasteiger partial charge is 0.456 e. The van der Waals surface area contributed by atoms with E-state index in [-0.39, 0.29) is 11.5 Å². The van der Waals surface area contributed by atoms with Gasteiger partial charge in [0.2, 0.25) is 10.0 Å². The smallest absolute Gasteiger partial charge is 0.302 e. The fraction of sp³-hybridized carbons (Fsp3) is 0.545. The van der Waals surface area contributed by atoms with E-state index in [1.165, 1.54) is 13.1 Å². The summed E-state index contributed by atoms with van der Waals surface area (Å²) < 4.78 is 29.3. The normalized spacial score (nSPS) is 11.5. The molecule has 0 aromatic carbocycles. The molecule has 17 heavy (non-hydrogen) atoms. The number of furan rings is 1. The van der Waals surface area contributed by atoms with Crippen LogP contribution in [0.4, 0.5) is 0 Å². The van der Waals surface area contributed by atoms with Gasteiger partial charge in [0, 0.05) is 13.5 Å². The van der Waals surface area contributed by atoms with Crippen molar-refractivity contribution in [1.82, 2.24) is 4.31 Å². The predicted octanol–water partition coefficient (Wildman–Crippen LogP) is 1.65. The molecule has 96 valence electrons. The summed E-state index contributed by atoms with van der Waals surface area (Å²) in [4.78, 5) is 11.8. The van der Waals surface area contributed by atoms with Crippen molar-refractivity contribution in [3.8, 4) is 0 Å². The summed E-state index contributed by atoms with van der Waals surface area (Å²) in [6.45, 7) is 3.64. The zero-order valence-electron chi connectivity index (χ0n) is 10.3. The van der Waals surface area contributed by atoms with Gasteiger partial charge in [0.25, 0.3) is 0 Å². The van der Waals surface area contributed by atoms with Gasteiger partial charge < -0.3 is 4.42 Å². The molecule has 0 atom stereocenters. The number of carbonyl (C=O) groups is 1. The van der Waals surface area contributed by atoms with Crippen LogP contribution in [0.15, 0.2) is 16.5 Å². The minimum Gasteiger partial charge on any atom is -0.456 e. The van der Waals surface area contributed by atoms with Crippen molar-refractivity contribution < 1.29 is 17.6 Å². The standard InChI is InChI=1S/C11H17NO4S/c1-4-8-17(14,15)12(3)11(13)10-7-6-9(5-2)16-10/h6-7H,4-5,8H2,1-3H3. The Morgan fingerprint density at radius 2 is 2.00 bits per heavy atom. The third kappa shape index (κ3) is 3.09. The van der Waals surface area contributed by atoms with E-state index in [9.17, 15) is 13.2 Å². The predicted molar refractivity (Wildman–Crippen MR) is 64.3 cm³/mol. The molecule has 0 N–H and O–H groups in total. The van der Waals surface area contributed by atoms with Gasteiger partial charge in [0.15, 0.2) is 5.76 Å². The van der Waals surface area contributed by atoms with Crippen molar-refractivity contribution in [1.29, 1.82) is 0 Å². The number of amides is 1. The van der Waals surface area contributed by atoms with Crippen LogP contribution in [0.1, 0.15) is 36.6 Å². The molecule has 6 heteroatoms. The van der Waals surface area contributed by atoms with Crippen LogP contribution in [0.3, 0.4) is 0 Å². The molecular weight excluding hydrogens is 242 g/mol. The van der Waals surface area contributed by atoms with Gasteiger partial charge in [-0.05, 0) is 18.6 Å². The van der Waals surface area contributed by atoms with Crippen molar-refractivity contribution in [2.24, 2.45) is 0 Å². The third-order valence-electron chi connectivity index (χ3n) is 2.39. The van der Waals surface area contributed by atoms with Crippen LogP contribution in [0, 0.1) is 0 Å². The highest BCUT2D eigenvalue weighted by atomic mass is 32.2. The minimum atomic E-state index is -3.53. The van der Waals surface area contributed by atoms with Crippen LogP contribution in [-0.4, -0.2) is 31.4 Å². The lowest BCUT2D eigenvalue weighted by molar-refractivity contribution is 0.0851. The number of carbonyl (C=O) groups excluding carboxylic acids is 1. The Balaban J connectivity index is 2.90. The zero-order valence-corrected chi connectivity index (χ0v) is 11.1. The molecule has 0 saturated heterocycles. The van der Waals surface area contributed by atoms with E-state index < -0.39 is 15.9 Å². The monoisotopic (exact) mass is 259 g/mol. The molecule has 0 spiro atoms.